The highest BCUT2D eigenvalue weighted by atomic mass is 79.9. The summed E-state index contributed by atoms with van der Waals surface area (Å²) >= 11 is 3.16. The highest BCUT2D eigenvalue weighted by Crippen LogP contribution is 2.37. The number of nitrogens with zero attached hydrogens (tertiary/aromatic N) is 1. The second kappa shape index (κ2) is 5.05. The van der Waals surface area contributed by atoms with Crippen molar-refractivity contribution in [2.75, 3.05) is 25.0 Å². The number of nitrogens with two attached hydrogens (primary N) is 1. The molecule has 0 atom stereocenters. The lowest BCUT2D eigenvalue weighted by molar-refractivity contribution is -0.137. The summed E-state index contributed by atoms with van der Waals surface area (Å²) in [5, 5.41) is 0. The monoisotopic (exact) mass is 296 g/mol. The van der Waals surface area contributed by atoms with E-state index in [2.05, 4.69) is 15.9 Å². The predicted octanol–water partition coefficient (Wildman–Crippen LogP) is 2.86. The van der Waals surface area contributed by atoms with Crippen molar-refractivity contribution in [2.45, 2.75) is 6.18 Å². The van der Waals surface area contributed by atoms with Crippen LogP contribution in [0.25, 0.3) is 0 Å². The molecule has 0 amide bonds. The Morgan fingerprint density at radius 1 is 1.38 bits per heavy atom. The van der Waals surface area contributed by atoms with E-state index in [0.717, 1.165) is 6.07 Å². The maximum atomic E-state index is 12.7. The number of anilines is 1. The molecular weight excluding hydrogens is 285 g/mol. The molecule has 1 aromatic carbocycles. The predicted molar refractivity (Wildman–Crippen MR) is 61.5 cm³/mol. The van der Waals surface area contributed by atoms with Crippen molar-refractivity contribution in [2.24, 2.45) is 5.73 Å². The molecule has 1 rings (SSSR count). The minimum absolute atomic E-state index is 0.132. The van der Waals surface area contributed by atoms with Crippen LogP contribution in [0, 0.1) is 0 Å². The Morgan fingerprint density at radius 3 is 2.50 bits per heavy atom. The van der Waals surface area contributed by atoms with Gasteiger partial charge in [-0.2, -0.15) is 13.2 Å². The lowest BCUT2D eigenvalue weighted by Crippen LogP contribution is -2.27. The lowest BCUT2D eigenvalue weighted by atomic mass is 10.1. The number of benzene rings is 1. The van der Waals surface area contributed by atoms with Crippen LogP contribution in [0.5, 0.6) is 0 Å². The summed E-state index contributed by atoms with van der Waals surface area (Å²) in [5.74, 6) is 0. The van der Waals surface area contributed by atoms with Gasteiger partial charge in [0.1, 0.15) is 0 Å². The SMILES string of the molecule is CN(CCN)c1cc(Br)ccc1C(F)(F)F. The van der Waals surface area contributed by atoms with Crippen molar-refractivity contribution in [3.05, 3.63) is 28.2 Å². The normalized spacial score (nSPS) is 11.6. The molecule has 0 spiro atoms. The van der Waals surface area contributed by atoms with Crippen molar-refractivity contribution in [3.63, 3.8) is 0 Å². The molecular formula is C10H12BrF3N2. The standard InChI is InChI=1S/C10H12BrF3N2/c1-16(5-4-15)9-6-7(11)2-3-8(9)10(12,13)14/h2-3,6H,4-5,15H2,1H3. The largest absolute Gasteiger partial charge is 0.418 e. The molecule has 0 aliphatic heterocycles. The van der Waals surface area contributed by atoms with Crippen LogP contribution in [0.2, 0.25) is 0 Å². The third kappa shape index (κ3) is 3.12. The van der Waals surface area contributed by atoms with E-state index in [0.29, 0.717) is 17.6 Å². The average molecular weight is 297 g/mol. The van der Waals surface area contributed by atoms with Crippen molar-refractivity contribution in [1.29, 1.82) is 0 Å². The van der Waals surface area contributed by atoms with E-state index < -0.39 is 11.7 Å². The van der Waals surface area contributed by atoms with Gasteiger partial charge in [0, 0.05) is 30.3 Å². The van der Waals surface area contributed by atoms with Gasteiger partial charge < -0.3 is 10.6 Å². The van der Waals surface area contributed by atoms with Crippen LogP contribution >= 0.6 is 15.9 Å². The first-order valence-electron chi connectivity index (χ1n) is 4.64. The molecule has 0 aliphatic rings. The number of halogens is 4. The number of hydrogen-bond donors (Lipinski definition) is 1. The summed E-state index contributed by atoms with van der Waals surface area (Å²) in [7, 11) is 1.59. The third-order valence-corrected chi connectivity index (χ3v) is 2.63. The molecule has 90 valence electrons. The Labute approximate surface area is 100 Å². The summed E-state index contributed by atoms with van der Waals surface area (Å²) in [5.41, 5.74) is 4.81. The Bertz CT molecular complexity index is 366. The van der Waals surface area contributed by atoms with E-state index in [1.165, 1.54) is 17.0 Å². The van der Waals surface area contributed by atoms with Gasteiger partial charge in [0.2, 0.25) is 0 Å². The van der Waals surface area contributed by atoms with Crippen molar-refractivity contribution < 1.29 is 13.2 Å². The van der Waals surface area contributed by atoms with Gasteiger partial charge >= 0.3 is 6.18 Å². The van der Waals surface area contributed by atoms with E-state index in [1.807, 2.05) is 0 Å². The Morgan fingerprint density at radius 2 is 2.00 bits per heavy atom. The van der Waals surface area contributed by atoms with E-state index >= 15 is 0 Å². The maximum Gasteiger partial charge on any atom is 0.418 e. The maximum absolute atomic E-state index is 12.7. The first-order chi connectivity index (χ1) is 7.36. The van der Waals surface area contributed by atoms with Gasteiger partial charge in [-0.25, -0.2) is 0 Å². The van der Waals surface area contributed by atoms with E-state index in [4.69, 9.17) is 5.73 Å². The first-order valence-corrected chi connectivity index (χ1v) is 5.43. The van der Waals surface area contributed by atoms with Crippen LogP contribution in [-0.2, 0) is 6.18 Å². The van der Waals surface area contributed by atoms with Crippen molar-refractivity contribution in [3.8, 4) is 0 Å². The van der Waals surface area contributed by atoms with Crippen LogP contribution in [0.3, 0.4) is 0 Å². The molecule has 0 saturated carbocycles. The number of hydrogen-bond acceptors (Lipinski definition) is 2. The Kier molecular flexibility index (Phi) is 4.21. The fourth-order valence-electron chi connectivity index (χ4n) is 1.37. The minimum Gasteiger partial charge on any atom is -0.373 e. The highest BCUT2D eigenvalue weighted by Gasteiger charge is 2.34. The topological polar surface area (TPSA) is 29.3 Å². The zero-order chi connectivity index (χ0) is 12.3. The fraction of sp³-hybridized carbons (Fsp3) is 0.400. The molecule has 0 bridgehead atoms. The summed E-state index contributed by atoms with van der Waals surface area (Å²) in [6.45, 7) is 0.680. The molecule has 1 aromatic rings. The van der Waals surface area contributed by atoms with Crippen molar-refractivity contribution >= 4 is 21.6 Å². The van der Waals surface area contributed by atoms with Crippen molar-refractivity contribution in [1.82, 2.24) is 0 Å². The smallest absolute Gasteiger partial charge is 0.373 e. The van der Waals surface area contributed by atoms with Gasteiger partial charge in [-0.3, -0.25) is 0 Å². The van der Waals surface area contributed by atoms with Gasteiger partial charge in [0.15, 0.2) is 0 Å². The lowest BCUT2D eigenvalue weighted by Gasteiger charge is -2.23. The van der Waals surface area contributed by atoms with E-state index in [1.54, 1.807) is 7.05 Å². The quantitative estimate of drug-likeness (QED) is 0.929. The average Bonchev–Trinajstić information content (AvgIpc) is 2.16. The van der Waals surface area contributed by atoms with Gasteiger partial charge in [0.25, 0.3) is 0 Å². The van der Waals surface area contributed by atoms with Crippen LogP contribution in [0.15, 0.2) is 22.7 Å². The van der Waals surface area contributed by atoms with Gasteiger partial charge in [0.05, 0.1) is 5.56 Å². The summed E-state index contributed by atoms with van der Waals surface area (Å²) < 4.78 is 38.7. The zero-order valence-corrected chi connectivity index (χ0v) is 10.3. The molecule has 0 aromatic heterocycles. The molecule has 0 unspecified atom stereocenters. The molecule has 0 radical (unpaired) electrons. The number of rotatable bonds is 3. The second-order valence-corrected chi connectivity index (χ2v) is 4.29. The van der Waals surface area contributed by atoms with E-state index in [9.17, 15) is 13.2 Å². The summed E-state index contributed by atoms with van der Waals surface area (Å²) in [4.78, 5) is 1.49. The highest BCUT2D eigenvalue weighted by molar-refractivity contribution is 9.10. The molecule has 0 aliphatic carbocycles. The van der Waals surface area contributed by atoms with E-state index in [-0.39, 0.29) is 5.69 Å². The van der Waals surface area contributed by atoms with Crippen LogP contribution in [0.4, 0.5) is 18.9 Å². The number of alkyl halides is 3. The molecule has 0 heterocycles. The molecule has 6 heteroatoms. The molecule has 0 fully saturated rings. The third-order valence-electron chi connectivity index (χ3n) is 2.14. The van der Waals surface area contributed by atoms with Gasteiger partial charge in [-0.1, -0.05) is 15.9 Å². The van der Waals surface area contributed by atoms with Crippen LogP contribution < -0.4 is 10.6 Å². The zero-order valence-electron chi connectivity index (χ0n) is 8.68. The molecule has 2 nitrogen and oxygen atoms in total. The van der Waals surface area contributed by atoms with Crippen LogP contribution in [0.1, 0.15) is 5.56 Å². The molecule has 2 N–H and O–H groups in total. The van der Waals surface area contributed by atoms with Gasteiger partial charge in [-0.05, 0) is 18.2 Å². The minimum atomic E-state index is -4.35. The summed E-state index contributed by atoms with van der Waals surface area (Å²) in [6, 6.07) is 3.88. The first kappa shape index (κ1) is 13.3. The fourth-order valence-corrected chi connectivity index (χ4v) is 1.72. The summed E-state index contributed by atoms with van der Waals surface area (Å²) in [6.07, 6.45) is -4.35. The van der Waals surface area contributed by atoms with Gasteiger partial charge in [-0.15, -0.1) is 0 Å². The Balaban J connectivity index is 3.18. The second-order valence-electron chi connectivity index (χ2n) is 3.37. The Hall–Kier alpha value is -0.750. The van der Waals surface area contributed by atoms with Crippen LogP contribution in [-0.4, -0.2) is 20.1 Å². The number of likely N-dealkylation sites (N-methyl/N-ethyl adjacent to an activating group) is 1. The molecule has 0 saturated heterocycles. The molecule has 16 heavy (non-hydrogen) atoms.